The zero-order chi connectivity index (χ0) is 26.7. The third-order valence-corrected chi connectivity index (χ3v) is 6.13. The molecule has 0 amide bonds. The molecule has 2 fully saturated rings. The first-order valence-electron chi connectivity index (χ1n) is 12.5. The molecule has 0 saturated carbocycles. The lowest BCUT2D eigenvalue weighted by molar-refractivity contribution is -0.142. The van der Waals surface area contributed by atoms with Crippen molar-refractivity contribution in [1.82, 2.24) is 10.2 Å². The lowest BCUT2D eigenvalue weighted by Crippen LogP contribution is -2.53. The number of ether oxygens (including phenoxy) is 2. The number of rotatable bonds is 11. The van der Waals surface area contributed by atoms with Crippen molar-refractivity contribution in [3.8, 4) is 0 Å². The molecule has 0 aromatic heterocycles. The summed E-state index contributed by atoms with van der Waals surface area (Å²) in [6.45, 7) is 3.39. The van der Waals surface area contributed by atoms with Crippen LogP contribution in [0.5, 0.6) is 0 Å². The number of hydrogen-bond acceptors (Lipinski definition) is 4. The van der Waals surface area contributed by atoms with E-state index in [0.717, 1.165) is 26.2 Å². The highest BCUT2D eigenvalue weighted by Crippen LogP contribution is 2.33. The maximum absolute atomic E-state index is 12.2. The molecule has 2 aliphatic heterocycles. The fourth-order valence-electron chi connectivity index (χ4n) is 4.10. The van der Waals surface area contributed by atoms with E-state index in [4.69, 9.17) is 9.47 Å². The number of alkyl halides is 6. The van der Waals surface area contributed by atoms with Crippen LogP contribution in [0, 0.1) is 0 Å². The summed E-state index contributed by atoms with van der Waals surface area (Å²) < 4.78 is 82.0. The summed E-state index contributed by atoms with van der Waals surface area (Å²) >= 11 is 0. The molecule has 4 rings (SSSR count). The number of halogens is 7. The maximum atomic E-state index is 12.2. The van der Waals surface area contributed by atoms with Gasteiger partial charge in [-0.05, 0) is 24.0 Å². The van der Waals surface area contributed by atoms with E-state index in [-0.39, 0.29) is 56.7 Å². The van der Waals surface area contributed by atoms with Crippen LogP contribution in [0.15, 0.2) is 60.7 Å². The van der Waals surface area contributed by atoms with Crippen molar-refractivity contribution in [2.75, 3.05) is 39.4 Å². The summed E-state index contributed by atoms with van der Waals surface area (Å²) in [5.41, 5.74) is 2.42. The van der Waals surface area contributed by atoms with Crippen LogP contribution in [0.1, 0.15) is 42.9 Å². The van der Waals surface area contributed by atoms with Gasteiger partial charge in [0.1, 0.15) is 0 Å². The second-order valence-corrected chi connectivity index (χ2v) is 9.26. The minimum absolute atomic E-state index is 0. The predicted molar refractivity (Wildman–Crippen MR) is 136 cm³/mol. The molecule has 2 aromatic rings. The molecule has 0 aliphatic carbocycles. The first kappa shape index (κ1) is 32.4. The van der Waals surface area contributed by atoms with Crippen LogP contribution in [0.3, 0.4) is 0 Å². The van der Waals surface area contributed by atoms with Crippen molar-refractivity contribution in [3.63, 3.8) is 0 Å². The van der Waals surface area contributed by atoms with Crippen molar-refractivity contribution in [1.29, 1.82) is 0 Å². The lowest BCUT2D eigenvalue weighted by Gasteiger charge is -2.44. The zero-order valence-electron chi connectivity index (χ0n) is 21.0. The normalized spacial score (nSPS) is 16.7. The van der Waals surface area contributed by atoms with Gasteiger partial charge in [-0.15, -0.1) is 12.4 Å². The van der Waals surface area contributed by atoms with E-state index in [1.54, 1.807) is 0 Å². The van der Waals surface area contributed by atoms with Crippen molar-refractivity contribution < 1.29 is 35.8 Å². The summed E-state index contributed by atoms with van der Waals surface area (Å²) in [4.78, 5) is 2.30. The Bertz CT molecular complexity index is 852. The molecule has 0 bridgehead atoms. The largest absolute Gasteiger partial charge is 0.389 e. The Labute approximate surface area is 226 Å². The number of nitrogens with one attached hydrogen (secondary N) is 1. The molecule has 38 heavy (non-hydrogen) atoms. The molecule has 2 aromatic carbocycles. The first-order valence-corrected chi connectivity index (χ1v) is 12.5. The minimum Gasteiger partial charge on any atom is -0.376 e. The molecule has 2 aliphatic rings. The van der Waals surface area contributed by atoms with Gasteiger partial charge < -0.3 is 14.8 Å². The van der Waals surface area contributed by atoms with Crippen LogP contribution in [0.2, 0.25) is 0 Å². The first-order chi connectivity index (χ1) is 17.6. The van der Waals surface area contributed by atoms with Gasteiger partial charge in [-0.1, -0.05) is 60.7 Å². The molecule has 1 N–H and O–H groups in total. The Morgan fingerprint density at radius 1 is 0.711 bits per heavy atom. The Balaban J connectivity index is 0.000000330. The average molecular weight is 569 g/mol. The van der Waals surface area contributed by atoms with Gasteiger partial charge in [0, 0.05) is 52.2 Å². The molecule has 0 unspecified atom stereocenters. The van der Waals surface area contributed by atoms with E-state index in [9.17, 15) is 26.3 Å². The fourth-order valence-corrected chi connectivity index (χ4v) is 4.10. The molecule has 4 nitrogen and oxygen atoms in total. The number of nitrogens with zero attached hydrogens (tertiary/aromatic N) is 1. The van der Waals surface area contributed by atoms with E-state index in [1.807, 2.05) is 36.4 Å². The summed E-state index contributed by atoms with van der Waals surface area (Å²) in [7, 11) is 0. The number of hydrogen-bond donors (Lipinski definition) is 1. The Morgan fingerprint density at radius 3 is 1.50 bits per heavy atom. The Hall–Kier alpha value is -1.85. The van der Waals surface area contributed by atoms with Crippen LogP contribution in [-0.4, -0.2) is 68.9 Å². The van der Waals surface area contributed by atoms with Crippen molar-refractivity contribution in [2.45, 2.75) is 56.3 Å². The summed E-state index contributed by atoms with van der Waals surface area (Å²) in [5, 5.41) is 2.97. The van der Waals surface area contributed by atoms with Crippen LogP contribution in [0.25, 0.3) is 0 Å². The van der Waals surface area contributed by atoms with Gasteiger partial charge in [-0.2, -0.15) is 26.3 Å². The molecule has 214 valence electrons. The molecular formula is C27H35ClF6N2O2. The van der Waals surface area contributed by atoms with Crippen molar-refractivity contribution >= 4 is 12.4 Å². The monoisotopic (exact) mass is 568 g/mol. The van der Waals surface area contributed by atoms with Gasteiger partial charge in [-0.25, -0.2) is 0 Å². The molecule has 0 radical (unpaired) electrons. The fraction of sp³-hybridized carbons (Fsp3) is 0.556. The SMILES string of the molecule is Cl.FC(F)(F)CCCOC1CN(C(c2ccccc2)c2ccccc2)C1.FC(F)(F)CCCOC1CNC1. The third-order valence-electron chi connectivity index (χ3n) is 6.13. The zero-order valence-corrected chi connectivity index (χ0v) is 21.8. The van der Waals surface area contributed by atoms with E-state index < -0.39 is 25.2 Å². The van der Waals surface area contributed by atoms with Crippen LogP contribution < -0.4 is 5.32 Å². The van der Waals surface area contributed by atoms with E-state index >= 15 is 0 Å². The Morgan fingerprint density at radius 2 is 1.13 bits per heavy atom. The van der Waals surface area contributed by atoms with Gasteiger partial charge in [-0.3, -0.25) is 4.90 Å². The van der Waals surface area contributed by atoms with Crippen molar-refractivity contribution in [3.05, 3.63) is 71.8 Å². The molecule has 0 atom stereocenters. The predicted octanol–water partition coefficient (Wildman–Crippen LogP) is 6.56. The lowest BCUT2D eigenvalue weighted by atomic mass is 9.94. The third kappa shape index (κ3) is 11.9. The maximum Gasteiger partial charge on any atom is 0.389 e. The highest BCUT2D eigenvalue weighted by Gasteiger charge is 2.35. The van der Waals surface area contributed by atoms with Crippen LogP contribution >= 0.6 is 12.4 Å². The summed E-state index contributed by atoms with van der Waals surface area (Å²) in [5.74, 6) is 0. The topological polar surface area (TPSA) is 33.7 Å². The summed E-state index contributed by atoms with van der Waals surface area (Å²) in [6.07, 6.45) is -9.41. The molecule has 0 spiro atoms. The van der Waals surface area contributed by atoms with Crippen LogP contribution in [0.4, 0.5) is 26.3 Å². The quantitative estimate of drug-likeness (QED) is 0.246. The molecule has 2 saturated heterocycles. The minimum atomic E-state index is -4.10. The van der Waals surface area contributed by atoms with Gasteiger partial charge in [0.15, 0.2) is 0 Å². The van der Waals surface area contributed by atoms with Crippen LogP contribution in [-0.2, 0) is 9.47 Å². The van der Waals surface area contributed by atoms with E-state index in [0.29, 0.717) is 0 Å². The number of benzene rings is 2. The molecular weight excluding hydrogens is 534 g/mol. The van der Waals surface area contributed by atoms with Gasteiger partial charge in [0.25, 0.3) is 0 Å². The van der Waals surface area contributed by atoms with Crippen molar-refractivity contribution in [2.24, 2.45) is 0 Å². The second kappa shape index (κ2) is 15.7. The van der Waals surface area contributed by atoms with E-state index in [1.165, 1.54) is 11.1 Å². The van der Waals surface area contributed by atoms with Gasteiger partial charge in [0.2, 0.25) is 0 Å². The molecule has 11 heteroatoms. The average Bonchev–Trinajstić information content (AvgIpc) is 2.79. The standard InChI is InChI=1S/C20H22F3NO.C7H12F3NO.ClH/c21-20(22,23)12-7-13-25-18-14-24(15-18)19(16-8-3-1-4-9-16)17-10-5-2-6-11-17;8-7(9,10)2-1-3-12-6-4-11-5-6;/h1-6,8-11,18-19H,7,12-15H2;6,11H,1-5H2;1H. The smallest absolute Gasteiger partial charge is 0.376 e. The van der Waals surface area contributed by atoms with Gasteiger partial charge >= 0.3 is 12.4 Å². The Kier molecular flexibility index (Phi) is 13.3. The second-order valence-electron chi connectivity index (χ2n) is 9.26. The van der Waals surface area contributed by atoms with Gasteiger partial charge in [0.05, 0.1) is 18.2 Å². The number of likely N-dealkylation sites (tertiary alicyclic amines) is 1. The molecule has 2 heterocycles. The summed E-state index contributed by atoms with van der Waals surface area (Å²) in [6, 6.07) is 20.7. The van der Waals surface area contributed by atoms with E-state index in [2.05, 4.69) is 34.5 Å². The highest BCUT2D eigenvalue weighted by molar-refractivity contribution is 5.85. The highest BCUT2D eigenvalue weighted by atomic mass is 35.5.